The molecule has 1 amide bonds. The molecule has 21 heavy (non-hydrogen) atoms. The van der Waals surface area contributed by atoms with Gasteiger partial charge in [0.15, 0.2) is 10.8 Å². The number of amides is 1. The Morgan fingerprint density at radius 2 is 2.57 bits per heavy atom. The number of piperazine rings is 1. The average Bonchev–Trinajstić information content (AvgIpc) is 3.18. The van der Waals surface area contributed by atoms with Crippen LogP contribution >= 0.6 is 11.3 Å². The number of hydrogen-bond acceptors (Lipinski definition) is 6. The van der Waals surface area contributed by atoms with Crippen LogP contribution < -0.4 is 10.6 Å². The lowest BCUT2D eigenvalue weighted by molar-refractivity contribution is -0.126. The van der Waals surface area contributed by atoms with Crippen LogP contribution in [0.15, 0.2) is 28.2 Å². The lowest BCUT2D eigenvalue weighted by atomic mass is 10.1. The number of carbonyl (C=O) groups excluding carboxylic acids is 1. The van der Waals surface area contributed by atoms with Gasteiger partial charge in [0.05, 0.1) is 12.0 Å². The third-order valence-corrected chi connectivity index (χ3v) is 4.46. The van der Waals surface area contributed by atoms with Gasteiger partial charge in [-0.05, 0) is 12.1 Å². The molecule has 6 nitrogen and oxygen atoms in total. The summed E-state index contributed by atoms with van der Waals surface area (Å²) in [4.78, 5) is 18.7. The van der Waals surface area contributed by atoms with E-state index in [0.717, 1.165) is 29.6 Å². The molecule has 2 aromatic heterocycles. The fourth-order valence-corrected chi connectivity index (χ4v) is 3.24. The van der Waals surface area contributed by atoms with Gasteiger partial charge in [0.25, 0.3) is 0 Å². The summed E-state index contributed by atoms with van der Waals surface area (Å²) in [5.74, 6) is 0.832. The van der Waals surface area contributed by atoms with Crippen molar-refractivity contribution in [1.82, 2.24) is 20.5 Å². The van der Waals surface area contributed by atoms with E-state index < -0.39 is 0 Å². The number of hydrogen-bond donors (Lipinski definition) is 2. The van der Waals surface area contributed by atoms with Crippen molar-refractivity contribution in [3.05, 3.63) is 29.5 Å². The van der Waals surface area contributed by atoms with Crippen molar-refractivity contribution >= 4 is 17.2 Å². The van der Waals surface area contributed by atoms with E-state index in [9.17, 15) is 4.79 Å². The Morgan fingerprint density at radius 3 is 3.33 bits per heavy atom. The maximum Gasteiger partial charge on any atom is 0.238 e. The van der Waals surface area contributed by atoms with Crippen molar-refractivity contribution in [1.29, 1.82) is 0 Å². The van der Waals surface area contributed by atoms with Crippen LogP contribution in [-0.4, -0.2) is 48.5 Å². The highest BCUT2D eigenvalue weighted by Gasteiger charge is 2.28. The second-order valence-corrected chi connectivity index (χ2v) is 5.78. The number of carbonyl (C=O) groups is 1. The Balaban J connectivity index is 1.71. The van der Waals surface area contributed by atoms with Gasteiger partial charge in [-0.1, -0.05) is 0 Å². The molecule has 1 saturated heterocycles. The average molecular weight is 306 g/mol. The van der Waals surface area contributed by atoms with Crippen LogP contribution in [0.3, 0.4) is 0 Å². The first-order valence-corrected chi connectivity index (χ1v) is 7.80. The van der Waals surface area contributed by atoms with Gasteiger partial charge in [0.1, 0.15) is 6.04 Å². The lowest BCUT2D eigenvalue weighted by Crippen LogP contribution is -2.56. The van der Waals surface area contributed by atoms with Crippen LogP contribution in [0.1, 0.15) is 5.69 Å². The summed E-state index contributed by atoms with van der Waals surface area (Å²) < 4.78 is 5.36. The Labute approximate surface area is 127 Å². The topological polar surface area (TPSA) is 70.4 Å². The van der Waals surface area contributed by atoms with E-state index >= 15 is 0 Å². The number of nitrogens with one attached hydrogen (secondary N) is 2. The zero-order valence-corrected chi connectivity index (χ0v) is 12.7. The molecule has 1 unspecified atom stereocenters. The third kappa shape index (κ3) is 3.15. The second-order valence-electron chi connectivity index (χ2n) is 4.93. The van der Waals surface area contributed by atoms with Gasteiger partial charge < -0.3 is 15.1 Å². The van der Waals surface area contributed by atoms with Crippen LogP contribution in [0.5, 0.6) is 0 Å². The number of aromatic nitrogens is 1. The zero-order chi connectivity index (χ0) is 14.7. The summed E-state index contributed by atoms with van der Waals surface area (Å²) >= 11 is 1.56. The first-order valence-electron chi connectivity index (χ1n) is 6.92. The van der Waals surface area contributed by atoms with Gasteiger partial charge in [-0.15, -0.1) is 11.3 Å². The van der Waals surface area contributed by atoms with E-state index in [0.29, 0.717) is 13.1 Å². The molecule has 1 aliphatic heterocycles. The Hall–Kier alpha value is -1.70. The molecule has 1 fully saturated rings. The molecular weight excluding hydrogens is 288 g/mol. The first kappa shape index (κ1) is 14.2. The molecule has 2 N–H and O–H groups in total. The third-order valence-electron chi connectivity index (χ3n) is 3.55. The van der Waals surface area contributed by atoms with E-state index in [2.05, 4.69) is 20.5 Å². The molecule has 2 aromatic rings. The van der Waals surface area contributed by atoms with Crippen LogP contribution in [0.4, 0.5) is 0 Å². The van der Waals surface area contributed by atoms with Crippen LogP contribution in [0.25, 0.3) is 10.8 Å². The van der Waals surface area contributed by atoms with Crippen LogP contribution in [-0.2, 0) is 11.3 Å². The standard InChI is InChI=1S/C14H18N4O2S/c1-15-13(19)11-7-16-4-5-18(11)8-10-9-21-14(17-10)12-3-2-6-20-12/h2-3,6,9,11,16H,4-5,7-8H2,1H3,(H,15,19). The number of furan rings is 1. The quantitative estimate of drug-likeness (QED) is 0.879. The molecule has 1 atom stereocenters. The van der Waals surface area contributed by atoms with Crippen LogP contribution in [0.2, 0.25) is 0 Å². The highest BCUT2D eigenvalue weighted by molar-refractivity contribution is 7.13. The van der Waals surface area contributed by atoms with Crippen molar-refractivity contribution in [3.8, 4) is 10.8 Å². The molecule has 7 heteroatoms. The summed E-state index contributed by atoms with van der Waals surface area (Å²) in [7, 11) is 1.67. The molecule has 0 radical (unpaired) electrons. The number of nitrogens with zero attached hydrogens (tertiary/aromatic N) is 2. The SMILES string of the molecule is CNC(=O)C1CNCCN1Cc1csc(-c2ccco2)n1. The number of likely N-dealkylation sites (N-methyl/N-ethyl adjacent to an activating group) is 1. The molecule has 0 aliphatic carbocycles. The summed E-state index contributed by atoms with van der Waals surface area (Å²) in [5, 5.41) is 8.89. The summed E-state index contributed by atoms with van der Waals surface area (Å²) in [5.41, 5.74) is 0.974. The van der Waals surface area contributed by atoms with Crippen molar-refractivity contribution < 1.29 is 9.21 Å². The smallest absolute Gasteiger partial charge is 0.238 e. The summed E-state index contributed by atoms with van der Waals surface area (Å²) in [6, 6.07) is 3.62. The fourth-order valence-electron chi connectivity index (χ4n) is 2.46. The van der Waals surface area contributed by atoms with Gasteiger partial charge in [-0.2, -0.15) is 0 Å². The molecule has 0 bridgehead atoms. The second kappa shape index (κ2) is 6.38. The monoisotopic (exact) mass is 306 g/mol. The molecular formula is C14H18N4O2S. The molecule has 1 aliphatic rings. The molecule has 112 valence electrons. The van der Waals surface area contributed by atoms with Crippen molar-refractivity contribution in [2.24, 2.45) is 0 Å². The highest BCUT2D eigenvalue weighted by atomic mass is 32.1. The van der Waals surface area contributed by atoms with Gasteiger partial charge in [0.2, 0.25) is 5.91 Å². The first-order chi connectivity index (χ1) is 10.3. The van der Waals surface area contributed by atoms with Crippen molar-refractivity contribution in [2.75, 3.05) is 26.7 Å². The van der Waals surface area contributed by atoms with Gasteiger partial charge >= 0.3 is 0 Å². The van der Waals surface area contributed by atoms with Crippen LogP contribution in [0, 0.1) is 0 Å². The number of rotatable bonds is 4. The fraction of sp³-hybridized carbons (Fsp3) is 0.429. The molecule has 0 spiro atoms. The van der Waals surface area contributed by atoms with Crippen molar-refractivity contribution in [3.63, 3.8) is 0 Å². The largest absolute Gasteiger partial charge is 0.462 e. The molecule has 0 saturated carbocycles. The van der Waals surface area contributed by atoms with Gasteiger partial charge in [-0.3, -0.25) is 9.69 Å². The van der Waals surface area contributed by atoms with E-state index in [1.807, 2.05) is 17.5 Å². The Morgan fingerprint density at radius 1 is 1.67 bits per heavy atom. The zero-order valence-electron chi connectivity index (χ0n) is 11.8. The predicted molar refractivity (Wildman–Crippen MR) is 81.0 cm³/mol. The Bertz CT molecular complexity index is 596. The Kier molecular flexibility index (Phi) is 4.33. The van der Waals surface area contributed by atoms with E-state index in [4.69, 9.17) is 4.42 Å². The highest BCUT2D eigenvalue weighted by Crippen LogP contribution is 2.24. The summed E-state index contributed by atoms with van der Waals surface area (Å²) in [6.45, 7) is 3.08. The summed E-state index contributed by atoms with van der Waals surface area (Å²) in [6.07, 6.45) is 1.65. The van der Waals surface area contributed by atoms with Gasteiger partial charge in [0, 0.05) is 38.6 Å². The van der Waals surface area contributed by atoms with E-state index in [-0.39, 0.29) is 11.9 Å². The molecule has 3 rings (SSSR count). The molecule has 0 aromatic carbocycles. The number of thiazole rings is 1. The van der Waals surface area contributed by atoms with E-state index in [1.54, 1.807) is 24.6 Å². The minimum absolute atomic E-state index is 0.0451. The molecule has 3 heterocycles. The predicted octanol–water partition coefficient (Wildman–Crippen LogP) is 0.923. The van der Waals surface area contributed by atoms with Crippen molar-refractivity contribution in [2.45, 2.75) is 12.6 Å². The maximum absolute atomic E-state index is 11.9. The van der Waals surface area contributed by atoms with E-state index in [1.165, 1.54) is 0 Å². The lowest BCUT2D eigenvalue weighted by Gasteiger charge is -2.34. The minimum atomic E-state index is -0.141. The maximum atomic E-state index is 11.9. The normalized spacial score (nSPS) is 19.6. The van der Waals surface area contributed by atoms with Gasteiger partial charge in [-0.25, -0.2) is 4.98 Å². The minimum Gasteiger partial charge on any atom is -0.462 e.